The summed E-state index contributed by atoms with van der Waals surface area (Å²) in [5.74, 6) is -7.95. The second-order valence-corrected chi connectivity index (χ2v) is 20.4. The van der Waals surface area contributed by atoms with Crippen LogP contribution in [0.3, 0.4) is 0 Å². The number of anilines is 1. The third kappa shape index (κ3) is 12.2. The first-order chi connectivity index (χ1) is 32.5. The second-order valence-electron chi connectivity index (χ2n) is 19.1. The van der Waals surface area contributed by atoms with Crippen LogP contribution in [0, 0.1) is 11.6 Å². The maximum absolute atomic E-state index is 14.6. The van der Waals surface area contributed by atoms with Crippen LogP contribution in [0.2, 0.25) is 0 Å². The Balaban J connectivity index is 1.39. The number of rotatable bonds is 13. The van der Waals surface area contributed by atoms with Crippen molar-refractivity contribution >= 4 is 55.1 Å². The molecule has 4 amide bonds. The molecular weight excluding hydrogens is 947 g/mol. The Morgan fingerprint density at radius 1 is 1.03 bits per heavy atom. The topological polar surface area (TPSA) is 284 Å². The number of pyridine rings is 2. The summed E-state index contributed by atoms with van der Waals surface area (Å²) in [4.78, 5) is 129. The summed E-state index contributed by atoms with van der Waals surface area (Å²) >= 11 is 0. The first-order valence-corrected chi connectivity index (χ1v) is 23.4. The molecule has 0 unspecified atom stereocenters. The van der Waals surface area contributed by atoms with Crippen molar-refractivity contribution in [3.8, 4) is 5.75 Å². The molecule has 3 aliphatic heterocycles. The summed E-state index contributed by atoms with van der Waals surface area (Å²) in [6.07, 6.45) is 1.04. The number of benzene rings is 1. The highest BCUT2D eigenvalue weighted by molar-refractivity contribution is 7.46. The first-order valence-electron chi connectivity index (χ1n) is 21.9. The SMILES string of the molecule is CC1=NO[C@@]2(CC[C@H](C)N3C[C@H]2n2cc(C(=O)NCc4ccc(F)cc4F)c(=O)c(OC(=O)N(C)c4ncc(C(=O)N[C@@H](CC(=O)OC(C)(C)C)C(=O)OC(C)(C)C)cc4COP(=O)(O)O)c2C3=O)C1. The molecule has 2 aromatic heterocycles. The molecule has 0 radical (unpaired) electrons. The van der Waals surface area contributed by atoms with Gasteiger partial charge in [-0.1, -0.05) is 11.2 Å². The van der Waals surface area contributed by atoms with Gasteiger partial charge in [-0.2, -0.15) is 0 Å². The van der Waals surface area contributed by atoms with Gasteiger partial charge in [0.05, 0.1) is 30.3 Å². The van der Waals surface area contributed by atoms with Crippen molar-refractivity contribution in [1.82, 2.24) is 25.1 Å². The van der Waals surface area contributed by atoms with Crippen LogP contribution >= 0.6 is 7.82 Å². The number of carbonyl (C=O) groups is 6. The van der Waals surface area contributed by atoms with Crippen LogP contribution in [0.15, 0.2) is 46.6 Å². The van der Waals surface area contributed by atoms with Crippen LogP contribution < -0.4 is 25.7 Å². The number of hydrogen-bond acceptors (Lipinski definition) is 15. The van der Waals surface area contributed by atoms with Crippen molar-refractivity contribution in [2.24, 2.45) is 5.16 Å². The zero-order valence-electron chi connectivity index (χ0n) is 39.8. The molecule has 25 heteroatoms. The monoisotopic (exact) mass is 1000 g/mol. The molecule has 6 rings (SSSR count). The van der Waals surface area contributed by atoms with Crippen molar-refractivity contribution in [2.45, 2.75) is 129 Å². The molecule has 4 N–H and O–H groups in total. The minimum absolute atomic E-state index is 0.0279. The van der Waals surface area contributed by atoms with Gasteiger partial charge < -0.3 is 48.9 Å². The number of phosphoric acid groups is 1. The molecule has 378 valence electrons. The molecule has 22 nitrogen and oxygen atoms in total. The van der Waals surface area contributed by atoms with Crippen molar-refractivity contribution in [1.29, 1.82) is 0 Å². The summed E-state index contributed by atoms with van der Waals surface area (Å²) in [5, 5.41) is 8.99. The molecule has 70 heavy (non-hydrogen) atoms. The zero-order chi connectivity index (χ0) is 51.8. The summed E-state index contributed by atoms with van der Waals surface area (Å²) in [7, 11) is -4.18. The van der Waals surface area contributed by atoms with Gasteiger partial charge in [-0.15, -0.1) is 0 Å². The molecule has 2 bridgehead atoms. The van der Waals surface area contributed by atoms with Gasteiger partial charge in [0.15, 0.2) is 11.3 Å². The van der Waals surface area contributed by atoms with E-state index in [1.807, 2.05) is 0 Å². The van der Waals surface area contributed by atoms with E-state index in [9.17, 15) is 56.7 Å². The van der Waals surface area contributed by atoms with Gasteiger partial charge in [0, 0.05) is 62.2 Å². The number of aromatic nitrogens is 2. The van der Waals surface area contributed by atoms with Crippen molar-refractivity contribution in [2.75, 3.05) is 18.5 Å². The Bertz CT molecular complexity index is 2770. The Morgan fingerprint density at radius 2 is 1.71 bits per heavy atom. The van der Waals surface area contributed by atoms with E-state index in [0.717, 1.165) is 37.6 Å². The van der Waals surface area contributed by atoms with E-state index < -0.39 is 138 Å². The predicted octanol–water partition coefficient (Wildman–Crippen LogP) is 4.58. The lowest BCUT2D eigenvalue weighted by molar-refractivity contribution is -0.164. The average Bonchev–Trinajstić information content (AvgIpc) is 3.58. The molecule has 5 heterocycles. The third-order valence-electron chi connectivity index (χ3n) is 11.3. The predicted molar refractivity (Wildman–Crippen MR) is 242 cm³/mol. The van der Waals surface area contributed by atoms with Gasteiger partial charge in [0.1, 0.15) is 40.3 Å². The van der Waals surface area contributed by atoms with Gasteiger partial charge in [-0.05, 0) is 80.4 Å². The molecule has 3 aromatic rings. The maximum Gasteiger partial charge on any atom is 0.469 e. The quantitative estimate of drug-likeness (QED) is 0.135. The number of hydrogen-bond donors (Lipinski definition) is 4. The van der Waals surface area contributed by atoms with Crippen LogP contribution in [-0.4, -0.2) is 108 Å². The summed E-state index contributed by atoms with van der Waals surface area (Å²) in [6.45, 7) is 11.5. The number of phosphoric ester groups is 1. The molecule has 1 saturated heterocycles. The van der Waals surface area contributed by atoms with Crippen molar-refractivity contribution in [3.63, 3.8) is 0 Å². The molecule has 1 spiro atoms. The Labute approximate surface area is 399 Å². The highest BCUT2D eigenvalue weighted by atomic mass is 31.2. The Kier molecular flexibility index (Phi) is 15.1. The minimum atomic E-state index is -5.25. The van der Waals surface area contributed by atoms with Crippen LogP contribution in [0.1, 0.15) is 129 Å². The van der Waals surface area contributed by atoms with E-state index >= 15 is 0 Å². The van der Waals surface area contributed by atoms with E-state index in [-0.39, 0.29) is 23.2 Å². The number of nitrogens with zero attached hydrogens (tertiary/aromatic N) is 5. The highest BCUT2D eigenvalue weighted by Crippen LogP contribution is 2.46. The molecule has 3 aliphatic rings. The Morgan fingerprint density at radius 3 is 2.33 bits per heavy atom. The lowest BCUT2D eigenvalue weighted by atomic mass is 9.84. The van der Waals surface area contributed by atoms with Gasteiger partial charge in [0.25, 0.3) is 17.7 Å². The number of halogens is 2. The van der Waals surface area contributed by atoms with Gasteiger partial charge in [-0.3, -0.25) is 33.4 Å². The van der Waals surface area contributed by atoms with Crippen LogP contribution in [0.4, 0.5) is 19.4 Å². The van der Waals surface area contributed by atoms with E-state index in [2.05, 4.69) is 20.8 Å². The van der Waals surface area contributed by atoms with E-state index in [1.165, 1.54) is 9.47 Å². The second kappa shape index (κ2) is 20.0. The number of ether oxygens (including phenoxy) is 3. The fraction of sp³-hybridized carbons (Fsp3) is 0.489. The lowest BCUT2D eigenvalue weighted by Crippen LogP contribution is -2.52. The number of fused-ring (bicyclic) bond motifs is 5. The fourth-order valence-electron chi connectivity index (χ4n) is 8.09. The van der Waals surface area contributed by atoms with Gasteiger partial charge in [0.2, 0.25) is 11.2 Å². The molecule has 1 fully saturated rings. The fourth-order valence-corrected chi connectivity index (χ4v) is 8.40. The summed E-state index contributed by atoms with van der Waals surface area (Å²) < 4.78 is 62.7. The first kappa shape index (κ1) is 52.7. The Hall–Kier alpha value is -6.62. The molecule has 0 saturated carbocycles. The summed E-state index contributed by atoms with van der Waals surface area (Å²) in [5.41, 5.74) is -5.64. The smallest absolute Gasteiger partial charge is 0.460 e. The number of esters is 2. The number of amides is 4. The van der Waals surface area contributed by atoms with Crippen LogP contribution in [0.5, 0.6) is 5.75 Å². The van der Waals surface area contributed by atoms with Crippen molar-refractivity contribution in [3.05, 3.63) is 86.5 Å². The van der Waals surface area contributed by atoms with Crippen LogP contribution in [-0.2, 0) is 46.1 Å². The molecule has 1 aromatic carbocycles. The normalized spacial score (nSPS) is 19.2. The number of carbonyl (C=O) groups excluding carboxylic acids is 6. The van der Waals surface area contributed by atoms with E-state index in [4.69, 9.17) is 23.6 Å². The average molecular weight is 1000 g/mol. The zero-order valence-corrected chi connectivity index (χ0v) is 40.7. The van der Waals surface area contributed by atoms with Gasteiger partial charge in [-0.25, -0.2) is 27.9 Å². The molecule has 4 atom stereocenters. The van der Waals surface area contributed by atoms with E-state index in [1.54, 1.807) is 55.4 Å². The summed E-state index contributed by atoms with van der Waals surface area (Å²) in [6, 6.07) is 0.845. The maximum atomic E-state index is 14.6. The highest BCUT2D eigenvalue weighted by Gasteiger charge is 2.54. The standard InChI is InChI=1S/C45H54F2N7O15P/c1-23-17-45(69-51-23)13-12-24(2)53-21-32(45)54-20-29(39(58)49-18-25-10-11-28(46)15-30(25)47)35(56)36(34(54)40(53)59)66-42(61)52(9)37-27(22-65-70(62,63)64)14-26(19-48-37)38(57)50-31(41(60)68-44(6,7)8)16-33(55)67-43(3,4)5/h10-11,14-15,19-20,24,31-32H,12-13,16-18,21-22H2,1-9H3,(H,49,58)(H,50,57)(H2,62,63,64)/t24-,31-,32+,45-/m0/s1. The minimum Gasteiger partial charge on any atom is -0.460 e. The number of nitrogens with one attached hydrogen (secondary N) is 2. The van der Waals surface area contributed by atoms with E-state index in [0.29, 0.717) is 35.9 Å². The third-order valence-corrected chi connectivity index (χ3v) is 11.8. The number of oxime groups is 1. The molecule has 0 aliphatic carbocycles. The lowest BCUT2D eigenvalue weighted by Gasteiger charge is -2.42. The van der Waals surface area contributed by atoms with Gasteiger partial charge >= 0.3 is 25.9 Å². The van der Waals surface area contributed by atoms with Crippen molar-refractivity contribution < 1.29 is 75.5 Å². The largest absolute Gasteiger partial charge is 0.469 e. The molecular formula is C45H54F2N7O15P. The van der Waals surface area contributed by atoms with Crippen LogP contribution in [0.25, 0.3) is 0 Å².